The first kappa shape index (κ1) is 13.7. The first-order valence-electron chi connectivity index (χ1n) is 5.59. The van der Waals surface area contributed by atoms with Gasteiger partial charge in [0.05, 0.1) is 14.2 Å². The number of carbonyl (C=O) groups is 1. The fourth-order valence-electron chi connectivity index (χ4n) is 1.72. The summed E-state index contributed by atoms with van der Waals surface area (Å²) < 4.78 is 16.3. The van der Waals surface area contributed by atoms with Gasteiger partial charge in [-0.1, -0.05) is 0 Å². The van der Waals surface area contributed by atoms with E-state index in [0.29, 0.717) is 33.1 Å². The predicted octanol–water partition coefficient (Wildman–Crippen LogP) is 3.60. The van der Waals surface area contributed by atoms with Crippen molar-refractivity contribution in [2.45, 2.75) is 6.92 Å². The van der Waals surface area contributed by atoms with Crippen LogP contribution in [0.5, 0.6) is 11.5 Å². The average molecular weight is 325 g/mol. The van der Waals surface area contributed by atoms with E-state index < -0.39 is 0 Å². The van der Waals surface area contributed by atoms with Crippen molar-refractivity contribution >= 4 is 21.7 Å². The summed E-state index contributed by atoms with van der Waals surface area (Å²) in [6.07, 6.45) is 0. The maximum atomic E-state index is 12.3. The first-order chi connectivity index (χ1) is 9.06. The molecule has 0 fully saturated rings. The Morgan fingerprint density at radius 3 is 2.32 bits per heavy atom. The molecular formula is C14H13BrO4. The summed E-state index contributed by atoms with van der Waals surface area (Å²) in [5, 5.41) is 0. The highest BCUT2D eigenvalue weighted by molar-refractivity contribution is 9.10. The molecule has 4 nitrogen and oxygen atoms in total. The molecular weight excluding hydrogens is 312 g/mol. The number of ketones is 1. The molecule has 1 aromatic carbocycles. The van der Waals surface area contributed by atoms with Gasteiger partial charge in [-0.25, -0.2) is 0 Å². The molecule has 0 aliphatic rings. The number of hydrogen-bond acceptors (Lipinski definition) is 4. The minimum absolute atomic E-state index is 0.207. The topological polar surface area (TPSA) is 48.7 Å². The maximum Gasteiger partial charge on any atom is 0.229 e. The van der Waals surface area contributed by atoms with Crippen LogP contribution in [0.4, 0.5) is 0 Å². The standard InChI is InChI=1S/C14H13BrO4/c1-8-4-5-11(19-8)14(16)9-6-12(17-2)13(18-3)7-10(9)15/h4-7H,1-3H3. The van der Waals surface area contributed by atoms with E-state index in [2.05, 4.69) is 15.9 Å². The summed E-state index contributed by atoms with van der Waals surface area (Å²) in [5.41, 5.74) is 0.465. The zero-order chi connectivity index (χ0) is 14.0. The molecule has 0 saturated carbocycles. The molecule has 0 bridgehead atoms. The van der Waals surface area contributed by atoms with Crippen LogP contribution in [0.2, 0.25) is 0 Å². The van der Waals surface area contributed by atoms with Gasteiger partial charge in [-0.2, -0.15) is 0 Å². The van der Waals surface area contributed by atoms with Crippen LogP contribution in [0, 0.1) is 6.92 Å². The van der Waals surface area contributed by atoms with Gasteiger partial charge in [-0.05, 0) is 47.1 Å². The van der Waals surface area contributed by atoms with E-state index in [9.17, 15) is 4.79 Å². The Balaban J connectivity index is 2.47. The number of hydrogen-bond donors (Lipinski definition) is 0. The molecule has 2 rings (SSSR count). The van der Waals surface area contributed by atoms with E-state index in [1.165, 1.54) is 7.11 Å². The number of methoxy groups -OCH3 is 2. The highest BCUT2D eigenvalue weighted by Crippen LogP contribution is 2.34. The van der Waals surface area contributed by atoms with Crippen LogP contribution >= 0.6 is 15.9 Å². The number of benzene rings is 1. The smallest absolute Gasteiger partial charge is 0.229 e. The molecule has 0 N–H and O–H groups in total. The lowest BCUT2D eigenvalue weighted by atomic mass is 10.1. The van der Waals surface area contributed by atoms with Gasteiger partial charge in [-0.15, -0.1) is 0 Å². The summed E-state index contributed by atoms with van der Waals surface area (Å²) in [6.45, 7) is 1.79. The molecule has 0 spiro atoms. The van der Waals surface area contributed by atoms with Crippen LogP contribution in [-0.2, 0) is 0 Å². The lowest BCUT2D eigenvalue weighted by Crippen LogP contribution is -2.02. The van der Waals surface area contributed by atoms with Gasteiger partial charge >= 0.3 is 0 Å². The maximum absolute atomic E-state index is 12.3. The van der Waals surface area contributed by atoms with Crippen molar-refractivity contribution in [3.05, 3.63) is 45.8 Å². The first-order valence-corrected chi connectivity index (χ1v) is 6.38. The fraction of sp³-hybridized carbons (Fsp3) is 0.214. The molecule has 0 atom stereocenters. The summed E-state index contributed by atoms with van der Waals surface area (Å²) in [4.78, 5) is 12.3. The number of rotatable bonds is 4. The Hall–Kier alpha value is -1.75. The predicted molar refractivity (Wildman–Crippen MR) is 74.1 cm³/mol. The normalized spacial score (nSPS) is 10.3. The van der Waals surface area contributed by atoms with Crippen molar-refractivity contribution in [1.29, 1.82) is 0 Å². The Labute approximate surface area is 119 Å². The quantitative estimate of drug-likeness (QED) is 0.806. The number of furan rings is 1. The largest absolute Gasteiger partial charge is 0.493 e. The average Bonchev–Trinajstić information content (AvgIpc) is 2.84. The van der Waals surface area contributed by atoms with E-state index in [0.717, 1.165) is 0 Å². The SMILES string of the molecule is COc1cc(Br)c(C(=O)c2ccc(C)o2)cc1OC. The molecule has 19 heavy (non-hydrogen) atoms. The number of aryl methyl sites for hydroxylation is 1. The number of ether oxygens (including phenoxy) is 2. The van der Waals surface area contributed by atoms with Gasteiger partial charge in [0.25, 0.3) is 0 Å². The highest BCUT2D eigenvalue weighted by atomic mass is 79.9. The number of halogens is 1. The highest BCUT2D eigenvalue weighted by Gasteiger charge is 2.19. The second kappa shape index (κ2) is 5.48. The molecule has 0 radical (unpaired) electrons. The molecule has 0 saturated heterocycles. The lowest BCUT2D eigenvalue weighted by Gasteiger charge is -2.10. The van der Waals surface area contributed by atoms with Gasteiger partial charge < -0.3 is 13.9 Å². The Morgan fingerprint density at radius 1 is 1.16 bits per heavy atom. The zero-order valence-corrected chi connectivity index (χ0v) is 12.4. The second-order valence-electron chi connectivity index (χ2n) is 3.93. The van der Waals surface area contributed by atoms with Crippen LogP contribution in [0.15, 0.2) is 33.2 Å². The molecule has 2 aromatic rings. The Kier molecular flexibility index (Phi) is 3.95. The van der Waals surface area contributed by atoms with E-state index >= 15 is 0 Å². The summed E-state index contributed by atoms with van der Waals surface area (Å²) in [5.74, 6) is 1.84. The van der Waals surface area contributed by atoms with Crippen molar-refractivity contribution in [1.82, 2.24) is 0 Å². The van der Waals surface area contributed by atoms with Gasteiger partial charge in [-0.3, -0.25) is 4.79 Å². The summed E-state index contributed by atoms with van der Waals surface area (Å²) in [6, 6.07) is 6.73. The Morgan fingerprint density at radius 2 is 1.79 bits per heavy atom. The second-order valence-corrected chi connectivity index (χ2v) is 4.78. The van der Waals surface area contributed by atoms with E-state index in [1.807, 2.05) is 0 Å². The molecule has 0 aliphatic carbocycles. The van der Waals surface area contributed by atoms with Gasteiger partial charge in [0, 0.05) is 10.0 Å². The zero-order valence-electron chi connectivity index (χ0n) is 10.8. The van der Waals surface area contributed by atoms with Crippen molar-refractivity contribution in [3.63, 3.8) is 0 Å². The molecule has 1 aromatic heterocycles. The molecule has 0 aliphatic heterocycles. The van der Waals surface area contributed by atoms with Crippen molar-refractivity contribution < 1.29 is 18.7 Å². The minimum Gasteiger partial charge on any atom is -0.493 e. The fourth-order valence-corrected chi connectivity index (χ4v) is 2.22. The summed E-state index contributed by atoms with van der Waals surface area (Å²) >= 11 is 3.36. The van der Waals surface area contributed by atoms with Crippen molar-refractivity contribution in [2.24, 2.45) is 0 Å². The van der Waals surface area contributed by atoms with Crippen LogP contribution in [0.1, 0.15) is 21.9 Å². The third-order valence-electron chi connectivity index (χ3n) is 2.68. The van der Waals surface area contributed by atoms with Crippen LogP contribution in [-0.4, -0.2) is 20.0 Å². The van der Waals surface area contributed by atoms with Gasteiger partial charge in [0.15, 0.2) is 17.3 Å². The van der Waals surface area contributed by atoms with Crippen molar-refractivity contribution in [3.8, 4) is 11.5 Å². The molecule has 1 heterocycles. The van der Waals surface area contributed by atoms with E-state index in [-0.39, 0.29) is 5.78 Å². The van der Waals surface area contributed by atoms with Gasteiger partial charge in [0.1, 0.15) is 5.76 Å². The molecule has 0 amide bonds. The Bertz CT molecular complexity index is 616. The third kappa shape index (κ3) is 2.66. The van der Waals surface area contributed by atoms with Gasteiger partial charge in [0.2, 0.25) is 5.78 Å². The summed E-state index contributed by atoms with van der Waals surface area (Å²) in [7, 11) is 3.07. The third-order valence-corrected chi connectivity index (χ3v) is 3.34. The van der Waals surface area contributed by atoms with Crippen molar-refractivity contribution in [2.75, 3.05) is 14.2 Å². The van der Waals surface area contributed by atoms with E-state index in [4.69, 9.17) is 13.9 Å². The van der Waals surface area contributed by atoms with Crippen LogP contribution < -0.4 is 9.47 Å². The van der Waals surface area contributed by atoms with Crippen LogP contribution in [0.25, 0.3) is 0 Å². The molecule has 100 valence electrons. The lowest BCUT2D eigenvalue weighted by molar-refractivity contribution is 0.101. The molecule has 0 unspecified atom stereocenters. The van der Waals surface area contributed by atoms with E-state index in [1.54, 1.807) is 38.3 Å². The molecule has 5 heteroatoms. The monoisotopic (exact) mass is 324 g/mol. The minimum atomic E-state index is -0.207. The van der Waals surface area contributed by atoms with Crippen LogP contribution in [0.3, 0.4) is 0 Å². The number of carbonyl (C=O) groups excluding carboxylic acids is 1.